The van der Waals surface area contributed by atoms with E-state index in [1.54, 1.807) is 0 Å². The summed E-state index contributed by atoms with van der Waals surface area (Å²) < 4.78 is 1.22. The second kappa shape index (κ2) is 15.3. The standard InChI is InChI=1S/C43H43IN2/c1-6-13-37(14-7-2)45(41-29-21-35(22-30-41)43(5,8-3)9-4)39-25-17-33(18-26-39)34-19-27-40(28-20-34)46(38-15-11-10-12-16-38)42-31-23-36(44)24-32-42/h6-7,10-32H,1,8-9H2,2-5H3/b14-7-,37-13+. The molecule has 0 aliphatic heterocycles. The van der Waals surface area contributed by atoms with Crippen LogP contribution in [0.1, 0.15) is 46.1 Å². The Balaban J connectivity index is 1.47. The Morgan fingerprint density at radius 1 is 0.652 bits per heavy atom. The van der Waals surface area contributed by atoms with Gasteiger partial charge in [0.15, 0.2) is 0 Å². The molecule has 0 spiro atoms. The first-order chi connectivity index (χ1) is 22.4. The molecule has 5 rings (SSSR count). The Hall–Kier alpha value is -4.35. The van der Waals surface area contributed by atoms with Crippen molar-refractivity contribution in [1.29, 1.82) is 0 Å². The Bertz CT molecular complexity index is 1760. The number of halogens is 1. The zero-order valence-electron chi connectivity index (χ0n) is 27.3. The van der Waals surface area contributed by atoms with Crippen molar-refractivity contribution >= 4 is 51.0 Å². The van der Waals surface area contributed by atoms with E-state index in [-0.39, 0.29) is 5.41 Å². The second-order valence-corrected chi connectivity index (χ2v) is 13.0. The average Bonchev–Trinajstić information content (AvgIpc) is 3.10. The van der Waals surface area contributed by atoms with Crippen molar-refractivity contribution in [3.63, 3.8) is 0 Å². The number of nitrogens with zero attached hydrogens (tertiary/aromatic N) is 2. The summed E-state index contributed by atoms with van der Waals surface area (Å²) in [7, 11) is 0. The summed E-state index contributed by atoms with van der Waals surface area (Å²) in [6, 6.07) is 46.0. The summed E-state index contributed by atoms with van der Waals surface area (Å²) in [5, 5.41) is 0. The first kappa shape index (κ1) is 33.0. The molecule has 0 saturated heterocycles. The van der Waals surface area contributed by atoms with Crippen LogP contribution in [0.4, 0.5) is 28.4 Å². The van der Waals surface area contributed by atoms with Crippen molar-refractivity contribution in [2.45, 2.75) is 46.0 Å². The number of hydrogen-bond donors (Lipinski definition) is 0. The molecular formula is C43H43IN2. The number of rotatable bonds is 12. The van der Waals surface area contributed by atoms with Crippen LogP contribution in [0, 0.1) is 3.57 Å². The monoisotopic (exact) mass is 714 g/mol. The molecule has 0 amide bonds. The largest absolute Gasteiger partial charge is 0.311 e. The highest BCUT2D eigenvalue weighted by atomic mass is 127. The summed E-state index contributed by atoms with van der Waals surface area (Å²) in [4.78, 5) is 4.59. The van der Waals surface area contributed by atoms with Gasteiger partial charge in [0.05, 0.1) is 0 Å². The first-order valence-electron chi connectivity index (χ1n) is 16.1. The van der Waals surface area contributed by atoms with E-state index >= 15 is 0 Å². The number of benzene rings is 5. The molecule has 0 radical (unpaired) electrons. The Morgan fingerprint density at radius 2 is 1.11 bits per heavy atom. The minimum atomic E-state index is 0.182. The lowest BCUT2D eigenvalue weighted by Gasteiger charge is -2.30. The summed E-state index contributed by atoms with van der Waals surface area (Å²) in [6.45, 7) is 13.0. The number of hydrogen-bond acceptors (Lipinski definition) is 2. The van der Waals surface area contributed by atoms with E-state index in [9.17, 15) is 0 Å². The van der Waals surface area contributed by atoms with E-state index in [0.717, 1.165) is 47.0 Å². The van der Waals surface area contributed by atoms with Crippen LogP contribution >= 0.6 is 22.6 Å². The molecule has 0 aliphatic carbocycles. The predicted octanol–water partition coefficient (Wildman–Crippen LogP) is 13.3. The molecular weight excluding hydrogens is 671 g/mol. The lowest BCUT2D eigenvalue weighted by atomic mass is 9.78. The fraction of sp³-hybridized carbons (Fsp3) is 0.163. The minimum absolute atomic E-state index is 0.182. The summed E-state index contributed by atoms with van der Waals surface area (Å²) >= 11 is 2.36. The van der Waals surface area contributed by atoms with Crippen LogP contribution in [0.15, 0.2) is 164 Å². The van der Waals surface area contributed by atoms with Gasteiger partial charge in [0, 0.05) is 37.7 Å². The van der Waals surface area contributed by atoms with E-state index in [1.807, 2.05) is 6.08 Å². The maximum Gasteiger partial charge on any atom is 0.0462 e. The molecule has 232 valence electrons. The van der Waals surface area contributed by atoms with Crippen molar-refractivity contribution in [3.05, 3.63) is 173 Å². The fourth-order valence-electron chi connectivity index (χ4n) is 5.83. The Kier molecular flexibility index (Phi) is 11.0. The SMILES string of the molecule is C=C/C=C(\C=C/C)N(c1ccc(-c2ccc(N(c3ccccc3)c3ccc(I)cc3)cc2)cc1)c1ccc(C(C)(CC)CC)cc1. The maximum atomic E-state index is 4.00. The fourth-order valence-corrected chi connectivity index (χ4v) is 6.19. The van der Waals surface area contributed by atoms with Gasteiger partial charge in [-0.2, -0.15) is 0 Å². The zero-order chi connectivity index (χ0) is 32.5. The third-order valence-electron chi connectivity index (χ3n) is 8.95. The smallest absolute Gasteiger partial charge is 0.0462 e. The van der Waals surface area contributed by atoms with Crippen molar-refractivity contribution in [3.8, 4) is 11.1 Å². The summed E-state index contributed by atoms with van der Waals surface area (Å²) in [6.07, 6.45) is 10.4. The van der Waals surface area contributed by atoms with E-state index in [0.29, 0.717) is 0 Å². The van der Waals surface area contributed by atoms with Crippen LogP contribution in [0.3, 0.4) is 0 Å². The van der Waals surface area contributed by atoms with E-state index in [1.165, 1.54) is 20.3 Å². The maximum absolute atomic E-state index is 4.00. The van der Waals surface area contributed by atoms with Crippen molar-refractivity contribution in [1.82, 2.24) is 0 Å². The molecule has 0 aliphatic rings. The molecule has 3 heteroatoms. The summed E-state index contributed by atoms with van der Waals surface area (Å²) in [5.41, 5.74) is 10.6. The first-order valence-corrected chi connectivity index (χ1v) is 17.2. The molecule has 0 saturated carbocycles. The highest BCUT2D eigenvalue weighted by Gasteiger charge is 2.23. The molecule has 5 aromatic rings. The van der Waals surface area contributed by atoms with Crippen LogP contribution in [-0.4, -0.2) is 0 Å². The van der Waals surface area contributed by atoms with E-state index in [2.05, 4.69) is 212 Å². The normalized spacial score (nSPS) is 11.9. The molecule has 0 atom stereocenters. The highest BCUT2D eigenvalue weighted by Crippen LogP contribution is 2.38. The van der Waals surface area contributed by atoms with Gasteiger partial charge in [0.2, 0.25) is 0 Å². The molecule has 2 nitrogen and oxygen atoms in total. The molecule has 0 N–H and O–H groups in total. The third kappa shape index (κ3) is 7.37. The van der Waals surface area contributed by atoms with Crippen LogP contribution in [0.5, 0.6) is 0 Å². The Labute approximate surface area is 289 Å². The highest BCUT2D eigenvalue weighted by molar-refractivity contribution is 14.1. The Morgan fingerprint density at radius 3 is 1.59 bits per heavy atom. The zero-order valence-corrected chi connectivity index (χ0v) is 29.5. The van der Waals surface area contributed by atoms with Crippen molar-refractivity contribution in [2.24, 2.45) is 0 Å². The van der Waals surface area contributed by atoms with Crippen LogP contribution in [0.2, 0.25) is 0 Å². The van der Waals surface area contributed by atoms with Crippen LogP contribution in [0.25, 0.3) is 11.1 Å². The molecule has 0 unspecified atom stereocenters. The lowest BCUT2D eigenvalue weighted by molar-refractivity contribution is 0.439. The van der Waals surface area contributed by atoms with Gasteiger partial charge in [-0.05, 0) is 149 Å². The molecule has 5 aromatic carbocycles. The second-order valence-electron chi connectivity index (χ2n) is 11.7. The van der Waals surface area contributed by atoms with Gasteiger partial charge in [-0.3, -0.25) is 0 Å². The summed E-state index contributed by atoms with van der Waals surface area (Å²) in [5.74, 6) is 0. The molecule has 0 bridgehead atoms. The van der Waals surface area contributed by atoms with Gasteiger partial charge in [-0.25, -0.2) is 0 Å². The minimum Gasteiger partial charge on any atom is -0.311 e. The molecule has 0 aromatic heterocycles. The van der Waals surface area contributed by atoms with Gasteiger partial charge < -0.3 is 9.80 Å². The van der Waals surface area contributed by atoms with E-state index < -0.39 is 0 Å². The lowest BCUT2D eigenvalue weighted by Crippen LogP contribution is -2.20. The molecule has 0 fully saturated rings. The third-order valence-corrected chi connectivity index (χ3v) is 9.67. The number of allylic oxidation sites excluding steroid dienone is 4. The van der Waals surface area contributed by atoms with Gasteiger partial charge in [-0.1, -0.05) is 94.1 Å². The van der Waals surface area contributed by atoms with Crippen LogP contribution in [-0.2, 0) is 5.41 Å². The van der Waals surface area contributed by atoms with Gasteiger partial charge >= 0.3 is 0 Å². The number of para-hydroxylation sites is 1. The molecule has 0 heterocycles. The van der Waals surface area contributed by atoms with E-state index in [4.69, 9.17) is 0 Å². The quantitative estimate of drug-likeness (QED) is 0.0938. The van der Waals surface area contributed by atoms with Gasteiger partial charge in [-0.15, -0.1) is 0 Å². The average molecular weight is 715 g/mol. The van der Waals surface area contributed by atoms with Crippen LogP contribution < -0.4 is 9.80 Å². The predicted molar refractivity (Wildman–Crippen MR) is 209 cm³/mol. The molecule has 46 heavy (non-hydrogen) atoms. The number of anilines is 5. The van der Waals surface area contributed by atoms with Crippen molar-refractivity contribution in [2.75, 3.05) is 9.80 Å². The topological polar surface area (TPSA) is 6.48 Å². The van der Waals surface area contributed by atoms with Gasteiger partial charge in [0.25, 0.3) is 0 Å². The van der Waals surface area contributed by atoms with Crippen molar-refractivity contribution < 1.29 is 0 Å². The van der Waals surface area contributed by atoms with Gasteiger partial charge in [0.1, 0.15) is 0 Å².